The zero-order valence-electron chi connectivity index (χ0n) is 11.9. The van der Waals surface area contributed by atoms with E-state index in [0.29, 0.717) is 5.75 Å². The molecule has 21 heavy (non-hydrogen) atoms. The van der Waals surface area contributed by atoms with Gasteiger partial charge in [-0.05, 0) is 26.0 Å². The Labute approximate surface area is 124 Å². The van der Waals surface area contributed by atoms with E-state index in [-0.39, 0.29) is 18.7 Å². The van der Waals surface area contributed by atoms with Crippen molar-refractivity contribution >= 4 is 15.9 Å². The number of hydrogen-bond acceptors (Lipinski definition) is 4. The molecule has 0 unspecified atom stereocenters. The molecule has 0 atom stereocenters. The number of sulfonamides is 1. The maximum absolute atomic E-state index is 11.4. The third-order valence-electron chi connectivity index (χ3n) is 2.56. The molecule has 0 saturated carbocycles. The standard InChI is InChI=1S/C14H18N2O4S/c1-11(2)21(18,19)16-9-5-6-10-20-13-8-4-3-7-12(13)14(15)17/h3-4,7-8,11,16H,9-10H2,1-2H3,(H2,15,17). The third kappa shape index (κ3) is 5.45. The zero-order valence-corrected chi connectivity index (χ0v) is 12.7. The average Bonchev–Trinajstić information content (AvgIpc) is 2.42. The molecule has 0 bridgehead atoms. The second kappa shape index (κ2) is 7.67. The number of primary amides is 1. The van der Waals surface area contributed by atoms with Gasteiger partial charge in [-0.25, -0.2) is 13.1 Å². The van der Waals surface area contributed by atoms with Gasteiger partial charge in [0.1, 0.15) is 12.4 Å². The van der Waals surface area contributed by atoms with Crippen molar-refractivity contribution in [2.75, 3.05) is 13.2 Å². The largest absolute Gasteiger partial charge is 0.480 e. The van der Waals surface area contributed by atoms with Crippen LogP contribution >= 0.6 is 0 Å². The molecule has 3 N–H and O–H groups in total. The van der Waals surface area contributed by atoms with Crippen LogP contribution in [0.3, 0.4) is 0 Å². The number of hydrogen-bond donors (Lipinski definition) is 2. The zero-order chi connectivity index (χ0) is 15.9. The third-order valence-corrected chi connectivity index (χ3v) is 4.35. The molecule has 114 valence electrons. The molecular formula is C14H18N2O4S. The van der Waals surface area contributed by atoms with Gasteiger partial charge in [-0.2, -0.15) is 0 Å². The molecule has 0 aliphatic heterocycles. The molecule has 0 saturated heterocycles. The summed E-state index contributed by atoms with van der Waals surface area (Å²) in [4.78, 5) is 11.2. The van der Waals surface area contributed by atoms with E-state index in [4.69, 9.17) is 10.5 Å². The molecule has 1 aromatic rings. The molecule has 1 rings (SSSR count). The Balaban J connectivity index is 2.49. The summed E-state index contributed by atoms with van der Waals surface area (Å²) in [5, 5.41) is -0.502. The number of para-hydroxylation sites is 1. The van der Waals surface area contributed by atoms with E-state index in [1.165, 1.54) is 0 Å². The van der Waals surface area contributed by atoms with Crippen molar-refractivity contribution in [1.29, 1.82) is 0 Å². The summed E-state index contributed by atoms with van der Waals surface area (Å²) in [7, 11) is -3.31. The SMILES string of the molecule is CC(C)S(=O)(=O)NCC#CCOc1ccccc1C(N)=O. The van der Waals surface area contributed by atoms with Crippen molar-refractivity contribution in [3.63, 3.8) is 0 Å². The second-order valence-electron chi connectivity index (χ2n) is 4.42. The number of benzene rings is 1. The van der Waals surface area contributed by atoms with Gasteiger partial charge < -0.3 is 10.5 Å². The molecule has 0 fully saturated rings. The Morgan fingerprint density at radius 2 is 2.00 bits per heavy atom. The van der Waals surface area contributed by atoms with Crippen LogP contribution in [0.25, 0.3) is 0 Å². The Bertz CT molecular complexity index is 657. The summed E-state index contributed by atoms with van der Waals surface area (Å²) in [5.74, 6) is 5.06. The molecule has 1 amide bonds. The van der Waals surface area contributed by atoms with E-state index >= 15 is 0 Å². The van der Waals surface area contributed by atoms with E-state index in [0.717, 1.165) is 0 Å². The predicted molar refractivity (Wildman–Crippen MR) is 80.3 cm³/mol. The number of carbonyl (C=O) groups excluding carboxylic acids is 1. The highest BCUT2D eigenvalue weighted by Crippen LogP contribution is 2.16. The number of carbonyl (C=O) groups is 1. The number of amides is 1. The lowest BCUT2D eigenvalue weighted by Crippen LogP contribution is -2.31. The lowest BCUT2D eigenvalue weighted by Gasteiger charge is -2.06. The highest BCUT2D eigenvalue weighted by molar-refractivity contribution is 7.90. The quantitative estimate of drug-likeness (QED) is 0.747. The Kier molecular flexibility index (Phi) is 6.21. The van der Waals surface area contributed by atoms with E-state index in [2.05, 4.69) is 16.6 Å². The number of ether oxygens (including phenoxy) is 1. The van der Waals surface area contributed by atoms with Gasteiger partial charge in [-0.1, -0.05) is 24.0 Å². The molecule has 0 aromatic heterocycles. The minimum Gasteiger partial charge on any atom is -0.480 e. The lowest BCUT2D eigenvalue weighted by atomic mass is 10.2. The van der Waals surface area contributed by atoms with Gasteiger partial charge in [0.05, 0.1) is 17.4 Å². The number of nitrogens with two attached hydrogens (primary N) is 1. The van der Waals surface area contributed by atoms with Crippen molar-refractivity contribution in [3.8, 4) is 17.6 Å². The van der Waals surface area contributed by atoms with E-state index in [9.17, 15) is 13.2 Å². The monoisotopic (exact) mass is 310 g/mol. The van der Waals surface area contributed by atoms with Crippen LogP contribution < -0.4 is 15.2 Å². The van der Waals surface area contributed by atoms with E-state index in [1.807, 2.05) is 0 Å². The van der Waals surface area contributed by atoms with Crippen molar-refractivity contribution in [2.45, 2.75) is 19.1 Å². The molecule has 0 radical (unpaired) electrons. The summed E-state index contributed by atoms with van der Waals surface area (Å²) in [5.41, 5.74) is 5.49. The summed E-state index contributed by atoms with van der Waals surface area (Å²) < 4.78 is 30.6. The fraction of sp³-hybridized carbons (Fsp3) is 0.357. The van der Waals surface area contributed by atoms with Crippen molar-refractivity contribution in [1.82, 2.24) is 4.72 Å². The van der Waals surface area contributed by atoms with Crippen molar-refractivity contribution < 1.29 is 17.9 Å². The first kappa shape index (κ1) is 17.0. The summed E-state index contributed by atoms with van der Waals surface area (Å²) in [6.45, 7) is 3.22. The van der Waals surface area contributed by atoms with Gasteiger partial charge in [0.25, 0.3) is 5.91 Å². The summed E-state index contributed by atoms with van der Waals surface area (Å²) in [6.07, 6.45) is 0. The molecule has 0 heterocycles. The smallest absolute Gasteiger partial charge is 0.252 e. The Morgan fingerprint density at radius 3 is 2.62 bits per heavy atom. The van der Waals surface area contributed by atoms with Gasteiger partial charge in [0, 0.05) is 0 Å². The van der Waals surface area contributed by atoms with E-state index in [1.54, 1.807) is 38.1 Å². The lowest BCUT2D eigenvalue weighted by molar-refractivity contribution is 0.0997. The maximum Gasteiger partial charge on any atom is 0.252 e. The summed E-state index contributed by atoms with van der Waals surface area (Å²) in [6, 6.07) is 6.57. The first-order chi connectivity index (χ1) is 9.84. The summed E-state index contributed by atoms with van der Waals surface area (Å²) >= 11 is 0. The topological polar surface area (TPSA) is 98.5 Å². The molecule has 0 spiro atoms. The van der Waals surface area contributed by atoms with Crippen molar-refractivity contribution in [2.24, 2.45) is 5.73 Å². The van der Waals surface area contributed by atoms with E-state index < -0.39 is 21.2 Å². The van der Waals surface area contributed by atoms with Crippen LogP contribution in [0.1, 0.15) is 24.2 Å². The minimum atomic E-state index is -3.31. The predicted octanol–water partition coefficient (Wildman–Crippen LogP) is 0.495. The second-order valence-corrected chi connectivity index (χ2v) is 6.74. The van der Waals surface area contributed by atoms with Crippen LogP contribution in [0.5, 0.6) is 5.75 Å². The first-order valence-corrected chi connectivity index (χ1v) is 7.85. The van der Waals surface area contributed by atoms with Gasteiger partial charge >= 0.3 is 0 Å². The minimum absolute atomic E-state index is 0.0152. The van der Waals surface area contributed by atoms with Crippen LogP contribution in [0.2, 0.25) is 0 Å². The normalized spacial score (nSPS) is 10.8. The molecule has 0 aliphatic carbocycles. The maximum atomic E-state index is 11.4. The number of rotatable bonds is 6. The van der Waals surface area contributed by atoms with Crippen LogP contribution in [-0.4, -0.2) is 32.7 Å². The van der Waals surface area contributed by atoms with Gasteiger partial charge in [-0.15, -0.1) is 0 Å². The molecule has 7 heteroatoms. The molecular weight excluding hydrogens is 292 g/mol. The Morgan fingerprint density at radius 1 is 1.33 bits per heavy atom. The van der Waals surface area contributed by atoms with Crippen LogP contribution in [0, 0.1) is 11.8 Å². The number of nitrogens with one attached hydrogen (secondary N) is 1. The van der Waals surface area contributed by atoms with Gasteiger partial charge in [0.15, 0.2) is 0 Å². The molecule has 6 nitrogen and oxygen atoms in total. The van der Waals surface area contributed by atoms with Crippen LogP contribution in [0.15, 0.2) is 24.3 Å². The fourth-order valence-corrected chi connectivity index (χ4v) is 1.93. The highest BCUT2D eigenvalue weighted by atomic mass is 32.2. The first-order valence-electron chi connectivity index (χ1n) is 6.30. The van der Waals surface area contributed by atoms with Gasteiger partial charge in [0.2, 0.25) is 10.0 Å². The molecule has 0 aliphatic rings. The average molecular weight is 310 g/mol. The highest BCUT2D eigenvalue weighted by Gasteiger charge is 2.13. The van der Waals surface area contributed by atoms with Gasteiger partial charge in [-0.3, -0.25) is 4.79 Å². The van der Waals surface area contributed by atoms with Crippen LogP contribution in [-0.2, 0) is 10.0 Å². The fourth-order valence-electron chi connectivity index (χ4n) is 1.33. The Hall–Kier alpha value is -2.04. The van der Waals surface area contributed by atoms with Crippen molar-refractivity contribution in [3.05, 3.63) is 29.8 Å². The molecule has 1 aromatic carbocycles. The van der Waals surface area contributed by atoms with Crippen LogP contribution in [0.4, 0.5) is 0 Å².